The molecule has 154 valence electrons. The fourth-order valence-electron chi connectivity index (χ4n) is 3.47. The normalized spacial score (nSPS) is 16.0. The molecule has 0 amide bonds. The quantitative estimate of drug-likeness (QED) is 0.189. The SMILES string of the molecule is C=CCCCCCCCCC(C)(O)C(C)(O)CCCCCCCCC=C. The van der Waals surface area contributed by atoms with Crippen molar-refractivity contribution in [1.82, 2.24) is 0 Å². The van der Waals surface area contributed by atoms with E-state index in [1.807, 2.05) is 26.0 Å². The first-order valence-corrected chi connectivity index (χ1v) is 11.0. The molecule has 2 N–H and O–H groups in total. The highest BCUT2D eigenvalue weighted by molar-refractivity contribution is 4.93. The Kier molecular flexibility index (Phi) is 15.1. The number of unbranched alkanes of at least 4 members (excludes halogenated alkanes) is 12. The van der Waals surface area contributed by atoms with Crippen molar-refractivity contribution in [3.05, 3.63) is 25.3 Å². The van der Waals surface area contributed by atoms with Crippen LogP contribution in [-0.4, -0.2) is 21.4 Å². The zero-order valence-corrected chi connectivity index (χ0v) is 17.8. The van der Waals surface area contributed by atoms with Gasteiger partial charge in [0.2, 0.25) is 0 Å². The first-order chi connectivity index (χ1) is 12.4. The Hall–Kier alpha value is -0.600. The van der Waals surface area contributed by atoms with Gasteiger partial charge in [-0.2, -0.15) is 0 Å². The minimum Gasteiger partial charge on any atom is -0.387 e. The summed E-state index contributed by atoms with van der Waals surface area (Å²) in [4.78, 5) is 0. The number of aliphatic hydroxyl groups is 2. The van der Waals surface area contributed by atoms with Crippen LogP contribution in [0.2, 0.25) is 0 Å². The van der Waals surface area contributed by atoms with Crippen LogP contribution in [0.4, 0.5) is 0 Å². The Morgan fingerprint density at radius 3 is 1.12 bits per heavy atom. The van der Waals surface area contributed by atoms with Gasteiger partial charge in [-0.25, -0.2) is 0 Å². The average Bonchev–Trinajstić information content (AvgIpc) is 2.59. The van der Waals surface area contributed by atoms with E-state index in [1.54, 1.807) is 0 Å². The molecule has 2 unspecified atom stereocenters. The summed E-state index contributed by atoms with van der Waals surface area (Å²) in [7, 11) is 0. The Morgan fingerprint density at radius 1 is 0.538 bits per heavy atom. The van der Waals surface area contributed by atoms with E-state index in [0.717, 1.165) is 38.5 Å². The van der Waals surface area contributed by atoms with Crippen LogP contribution in [0.3, 0.4) is 0 Å². The maximum atomic E-state index is 10.7. The standard InChI is InChI=1S/C24H46O2/c1-5-7-9-11-13-15-17-19-21-23(3,25)24(4,26)22-20-18-16-14-12-10-8-6-2/h5-6,25-26H,1-2,7-22H2,3-4H3. The second kappa shape index (κ2) is 15.5. The summed E-state index contributed by atoms with van der Waals surface area (Å²) in [6.45, 7) is 11.1. The van der Waals surface area contributed by atoms with Gasteiger partial charge in [-0.1, -0.05) is 76.4 Å². The topological polar surface area (TPSA) is 40.5 Å². The molecule has 0 fully saturated rings. The van der Waals surface area contributed by atoms with E-state index in [2.05, 4.69) is 13.2 Å². The van der Waals surface area contributed by atoms with E-state index >= 15 is 0 Å². The summed E-state index contributed by atoms with van der Waals surface area (Å²) in [5.41, 5.74) is -1.97. The summed E-state index contributed by atoms with van der Waals surface area (Å²) in [5.74, 6) is 0. The highest BCUT2D eigenvalue weighted by Gasteiger charge is 2.40. The van der Waals surface area contributed by atoms with Crippen molar-refractivity contribution >= 4 is 0 Å². The summed E-state index contributed by atoms with van der Waals surface area (Å²) < 4.78 is 0. The molecule has 26 heavy (non-hydrogen) atoms. The molecule has 0 aromatic carbocycles. The van der Waals surface area contributed by atoms with Gasteiger partial charge in [0.1, 0.15) is 0 Å². The van der Waals surface area contributed by atoms with Gasteiger partial charge >= 0.3 is 0 Å². The zero-order chi connectivity index (χ0) is 19.7. The zero-order valence-electron chi connectivity index (χ0n) is 17.8. The molecule has 2 nitrogen and oxygen atoms in total. The van der Waals surface area contributed by atoms with Gasteiger partial charge < -0.3 is 10.2 Å². The van der Waals surface area contributed by atoms with E-state index in [1.165, 1.54) is 51.4 Å². The van der Waals surface area contributed by atoms with Gasteiger partial charge in [0.05, 0.1) is 11.2 Å². The number of rotatable bonds is 19. The van der Waals surface area contributed by atoms with E-state index in [9.17, 15) is 10.2 Å². The van der Waals surface area contributed by atoms with Crippen LogP contribution in [0, 0.1) is 0 Å². The van der Waals surface area contributed by atoms with Crippen molar-refractivity contribution in [2.24, 2.45) is 0 Å². The van der Waals surface area contributed by atoms with Crippen molar-refractivity contribution in [3.63, 3.8) is 0 Å². The Balaban J connectivity index is 3.79. The van der Waals surface area contributed by atoms with Gasteiger partial charge in [0.15, 0.2) is 0 Å². The molecule has 0 heterocycles. The monoisotopic (exact) mass is 366 g/mol. The van der Waals surface area contributed by atoms with Crippen LogP contribution >= 0.6 is 0 Å². The molecule has 2 atom stereocenters. The van der Waals surface area contributed by atoms with Crippen molar-refractivity contribution < 1.29 is 10.2 Å². The van der Waals surface area contributed by atoms with Gasteiger partial charge in [-0.15, -0.1) is 13.2 Å². The average molecular weight is 367 g/mol. The second-order valence-corrected chi connectivity index (χ2v) is 8.45. The number of hydrogen-bond donors (Lipinski definition) is 2. The molecule has 0 aliphatic heterocycles. The van der Waals surface area contributed by atoms with Crippen LogP contribution < -0.4 is 0 Å². The molecule has 0 rings (SSSR count). The molecule has 2 heteroatoms. The van der Waals surface area contributed by atoms with E-state index < -0.39 is 11.2 Å². The van der Waals surface area contributed by atoms with Gasteiger partial charge in [-0.05, 0) is 52.4 Å². The lowest BCUT2D eigenvalue weighted by molar-refractivity contribution is -0.140. The molecule has 0 saturated carbocycles. The Morgan fingerprint density at radius 2 is 0.808 bits per heavy atom. The smallest absolute Gasteiger partial charge is 0.0902 e. The second-order valence-electron chi connectivity index (χ2n) is 8.45. The largest absolute Gasteiger partial charge is 0.387 e. The Labute approximate surface area is 163 Å². The lowest BCUT2D eigenvalue weighted by atomic mass is 9.78. The molecule has 0 aromatic rings. The van der Waals surface area contributed by atoms with Crippen LogP contribution in [0.1, 0.15) is 117 Å². The van der Waals surface area contributed by atoms with Gasteiger partial charge in [0, 0.05) is 0 Å². The fraction of sp³-hybridized carbons (Fsp3) is 0.833. The summed E-state index contributed by atoms with van der Waals surface area (Å²) >= 11 is 0. The van der Waals surface area contributed by atoms with Gasteiger partial charge in [0.25, 0.3) is 0 Å². The third-order valence-electron chi connectivity index (χ3n) is 5.80. The molecule has 0 aliphatic carbocycles. The first kappa shape index (κ1) is 25.4. The van der Waals surface area contributed by atoms with Crippen LogP contribution in [-0.2, 0) is 0 Å². The molecular weight excluding hydrogens is 320 g/mol. The van der Waals surface area contributed by atoms with Crippen LogP contribution in [0.5, 0.6) is 0 Å². The molecule has 0 saturated heterocycles. The minimum atomic E-state index is -0.986. The summed E-state index contributed by atoms with van der Waals surface area (Å²) in [6, 6.07) is 0. The lowest BCUT2D eigenvalue weighted by Gasteiger charge is -2.39. The summed E-state index contributed by atoms with van der Waals surface area (Å²) in [5, 5.41) is 21.5. The molecule has 0 aromatic heterocycles. The predicted molar refractivity (Wildman–Crippen MR) is 116 cm³/mol. The lowest BCUT2D eigenvalue weighted by Crippen LogP contribution is -2.49. The number of allylic oxidation sites excluding steroid dienone is 2. The highest BCUT2D eigenvalue weighted by Crippen LogP contribution is 2.32. The molecule has 0 spiro atoms. The van der Waals surface area contributed by atoms with Crippen LogP contribution in [0.15, 0.2) is 25.3 Å². The molecule has 0 radical (unpaired) electrons. The van der Waals surface area contributed by atoms with E-state index in [-0.39, 0.29) is 0 Å². The van der Waals surface area contributed by atoms with Crippen molar-refractivity contribution in [1.29, 1.82) is 0 Å². The van der Waals surface area contributed by atoms with Crippen molar-refractivity contribution in [3.8, 4) is 0 Å². The third-order valence-corrected chi connectivity index (χ3v) is 5.80. The minimum absolute atomic E-state index is 0.689. The third kappa shape index (κ3) is 12.7. The first-order valence-electron chi connectivity index (χ1n) is 11.0. The molecular formula is C24H46O2. The van der Waals surface area contributed by atoms with Crippen molar-refractivity contribution in [2.75, 3.05) is 0 Å². The highest BCUT2D eigenvalue weighted by atomic mass is 16.4. The van der Waals surface area contributed by atoms with Gasteiger partial charge in [-0.3, -0.25) is 0 Å². The number of hydrogen-bond acceptors (Lipinski definition) is 2. The summed E-state index contributed by atoms with van der Waals surface area (Å²) in [6.07, 6.45) is 21.9. The fourth-order valence-corrected chi connectivity index (χ4v) is 3.47. The maximum absolute atomic E-state index is 10.7. The van der Waals surface area contributed by atoms with E-state index in [0.29, 0.717) is 12.8 Å². The van der Waals surface area contributed by atoms with E-state index in [4.69, 9.17) is 0 Å². The van der Waals surface area contributed by atoms with Crippen molar-refractivity contribution in [2.45, 2.75) is 128 Å². The maximum Gasteiger partial charge on any atom is 0.0902 e. The Bertz CT molecular complexity index is 310. The predicted octanol–water partition coefficient (Wildman–Crippen LogP) is 7.10. The molecule has 0 bridgehead atoms. The molecule has 0 aliphatic rings. The van der Waals surface area contributed by atoms with Crippen LogP contribution in [0.25, 0.3) is 0 Å².